The molecule has 4 aromatic carbocycles. The van der Waals surface area contributed by atoms with Crippen LogP contribution in [-0.4, -0.2) is 23.8 Å². The number of hydrogen-bond acceptors (Lipinski definition) is 5. The molecule has 5 nitrogen and oxygen atoms in total. The highest BCUT2D eigenvalue weighted by molar-refractivity contribution is 6.69. The van der Waals surface area contributed by atoms with Crippen LogP contribution >= 0.6 is 0 Å². The first-order chi connectivity index (χ1) is 22.3. The Balaban J connectivity index is 1.42. The Hall–Kier alpha value is -4.81. The quantitative estimate of drug-likeness (QED) is 0.135. The van der Waals surface area contributed by atoms with Gasteiger partial charge in [-0.3, -0.25) is 9.97 Å². The van der Waals surface area contributed by atoms with Crippen LogP contribution in [-0.2, 0) is 27.3 Å². The van der Waals surface area contributed by atoms with Crippen LogP contribution in [0.1, 0.15) is 34.5 Å². The molecule has 6 rings (SSSR count). The maximum absolute atomic E-state index is 7.34. The summed E-state index contributed by atoms with van der Waals surface area (Å²) in [5.41, 5.74) is 5.74. The highest BCUT2D eigenvalue weighted by Crippen LogP contribution is 2.32. The SMILES string of the molecule is c1ccc(B(OCc2ccccn2)C(OC(B(OCc2ccccn2)c2ccccc2)c2ccccc2)c2ccccc2)cc1. The van der Waals surface area contributed by atoms with Gasteiger partial charge in [0, 0.05) is 12.4 Å². The number of pyridine rings is 2. The van der Waals surface area contributed by atoms with Crippen molar-refractivity contribution in [3.8, 4) is 0 Å². The molecule has 2 aromatic heterocycles. The van der Waals surface area contributed by atoms with Crippen LogP contribution in [0.4, 0.5) is 0 Å². The third kappa shape index (κ3) is 8.22. The van der Waals surface area contributed by atoms with Gasteiger partial charge in [0.05, 0.1) is 36.6 Å². The highest BCUT2D eigenvalue weighted by Gasteiger charge is 2.40. The molecule has 7 heteroatoms. The number of benzene rings is 4. The maximum atomic E-state index is 7.34. The van der Waals surface area contributed by atoms with Crippen molar-refractivity contribution in [1.82, 2.24) is 9.97 Å². The maximum Gasteiger partial charge on any atom is 0.361 e. The summed E-state index contributed by atoms with van der Waals surface area (Å²) in [6.45, 7) is -0.203. The van der Waals surface area contributed by atoms with Crippen molar-refractivity contribution in [2.24, 2.45) is 0 Å². The topological polar surface area (TPSA) is 53.5 Å². The second-order valence-electron chi connectivity index (χ2n) is 10.7. The lowest BCUT2D eigenvalue weighted by molar-refractivity contribution is 0.0488. The molecule has 2 atom stereocenters. The van der Waals surface area contributed by atoms with Gasteiger partial charge in [-0.25, -0.2) is 0 Å². The molecule has 0 aliphatic heterocycles. The van der Waals surface area contributed by atoms with Crippen molar-refractivity contribution in [1.29, 1.82) is 0 Å². The number of aromatic nitrogens is 2. The lowest BCUT2D eigenvalue weighted by atomic mass is 9.51. The summed E-state index contributed by atoms with van der Waals surface area (Å²) in [5.74, 6) is 0. The molecular formula is C38H34B2N2O3. The Morgan fingerprint density at radius 3 is 1.13 bits per heavy atom. The Morgan fingerprint density at radius 2 is 0.778 bits per heavy atom. The van der Waals surface area contributed by atoms with Gasteiger partial charge in [-0.05, 0) is 46.3 Å². The Morgan fingerprint density at radius 1 is 0.422 bits per heavy atom. The summed E-state index contributed by atoms with van der Waals surface area (Å²) in [6, 6.07) is 51.9. The third-order valence-electron chi connectivity index (χ3n) is 7.63. The molecule has 0 spiro atoms. The van der Waals surface area contributed by atoms with Crippen molar-refractivity contribution in [3.05, 3.63) is 193 Å². The van der Waals surface area contributed by atoms with Gasteiger partial charge in [-0.2, -0.15) is 0 Å². The highest BCUT2D eigenvalue weighted by atomic mass is 16.5. The summed E-state index contributed by atoms with van der Waals surface area (Å²) < 4.78 is 20.8. The molecule has 0 saturated carbocycles. The van der Waals surface area contributed by atoms with Gasteiger partial charge in [0.15, 0.2) is 0 Å². The number of hydrogen-bond donors (Lipinski definition) is 0. The normalized spacial score (nSPS) is 12.3. The largest absolute Gasteiger partial charge is 0.423 e. The second kappa shape index (κ2) is 15.8. The molecule has 0 saturated heterocycles. The molecule has 6 aromatic rings. The fourth-order valence-corrected chi connectivity index (χ4v) is 5.41. The van der Waals surface area contributed by atoms with Crippen molar-refractivity contribution >= 4 is 24.8 Å². The van der Waals surface area contributed by atoms with Gasteiger partial charge in [0.25, 0.3) is 0 Å². The van der Waals surface area contributed by atoms with Crippen molar-refractivity contribution in [3.63, 3.8) is 0 Å². The molecular weight excluding hydrogens is 554 g/mol. The van der Waals surface area contributed by atoms with Gasteiger partial charge < -0.3 is 14.0 Å². The summed E-state index contributed by atoms with van der Waals surface area (Å²) in [6.07, 6.45) is 3.58. The average Bonchev–Trinajstić information content (AvgIpc) is 3.13. The Bertz CT molecular complexity index is 1560. The fraction of sp³-hybridized carbons (Fsp3) is 0.105. The Kier molecular flexibility index (Phi) is 10.6. The number of rotatable bonds is 14. The summed E-state index contributed by atoms with van der Waals surface area (Å²) in [7, 11) is 0. The van der Waals surface area contributed by atoms with Crippen molar-refractivity contribution < 1.29 is 14.0 Å². The van der Waals surface area contributed by atoms with Crippen LogP contribution < -0.4 is 10.9 Å². The van der Waals surface area contributed by atoms with Crippen LogP contribution in [0.5, 0.6) is 0 Å². The number of nitrogens with zero attached hydrogens (tertiary/aromatic N) is 2. The van der Waals surface area contributed by atoms with Gasteiger partial charge >= 0.3 is 13.8 Å². The molecule has 45 heavy (non-hydrogen) atoms. The van der Waals surface area contributed by atoms with E-state index in [4.69, 9.17) is 14.0 Å². The predicted molar refractivity (Wildman–Crippen MR) is 181 cm³/mol. The van der Waals surface area contributed by atoms with E-state index < -0.39 is 25.8 Å². The fourth-order valence-electron chi connectivity index (χ4n) is 5.41. The monoisotopic (exact) mass is 588 g/mol. The zero-order valence-electron chi connectivity index (χ0n) is 25.0. The van der Waals surface area contributed by atoms with Gasteiger partial charge in [0.1, 0.15) is 0 Å². The Labute approximate surface area is 266 Å². The van der Waals surface area contributed by atoms with E-state index in [0.717, 1.165) is 33.4 Å². The zero-order chi connectivity index (χ0) is 30.5. The third-order valence-corrected chi connectivity index (χ3v) is 7.63. The van der Waals surface area contributed by atoms with Crippen LogP contribution in [0, 0.1) is 0 Å². The summed E-state index contributed by atoms with van der Waals surface area (Å²) >= 11 is 0. The van der Waals surface area contributed by atoms with Gasteiger partial charge in [-0.15, -0.1) is 0 Å². The number of ether oxygens (including phenoxy) is 1. The standard InChI is InChI=1S/C38H34B2N2O3/c1-5-17-31(18-6-1)37(39(33-21-9-3-10-22-33)43-29-35-25-13-15-27-41-35)45-38(32-19-7-2-8-20-32)40(34-23-11-4-12-24-34)44-30-36-26-14-16-28-42-36/h1-28,37-38H,29-30H2. The molecule has 2 heterocycles. The van der Waals surface area contributed by atoms with Gasteiger partial charge in [0.2, 0.25) is 0 Å². The van der Waals surface area contributed by atoms with Crippen LogP contribution in [0.15, 0.2) is 170 Å². The zero-order valence-corrected chi connectivity index (χ0v) is 25.0. The van der Waals surface area contributed by atoms with Crippen LogP contribution in [0.25, 0.3) is 0 Å². The first kappa shape index (κ1) is 30.2. The second-order valence-corrected chi connectivity index (χ2v) is 10.7. The van der Waals surface area contributed by atoms with Crippen LogP contribution in [0.2, 0.25) is 0 Å². The molecule has 0 bridgehead atoms. The predicted octanol–water partition coefficient (Wildman–Crippen LogP) is 6.59. The minimum absolute atomic E-state index is 0.335. The molecule has 0 amide bonds. The first-order valence-electron chi connectivity index (χ1n) is 15.2. The van der Waals surface area contributed by atoms with E-state index in [0.29, 0.717) is 13.2 Å². The van der Waals surface area contributed by atoms with E-state index in [-0.39, 0.29) is 0 Å². The van der Waals surface area contributed by atoms with Crippen molar-refractivity contribution in [2.45, 2.75) is 25.2 Å². The average molecular weight is 588 g/mol. The molecule has 0 N–H and O–H groups in total. The molecule has 2 unspecified atom stereocenters. The molecule has 0 aliphatic carbocycles. The summed E-state index contributed by atoms with van der Waals surface area (Å²) in [4.78, 5) is 9.03. The minimum atomic E-state index is -0.479. The van der Waals surface area contributed by atoms with E-state index in [1.165, 1.54) is 0 Å². The van der Waals surface area contributed by atoms with E-state index >= 15 is 0 Å². The first-order valence-corrected chi connectivity index (χ1v) is 15.2. The minimum Gasteiger partial charge on any atom is -0.423 e. The van der Waals surface area contributed by atoms with Crippen molar-refractivity contribution in [2.75, 3.05) is 0 Å². The van der Waals surface area contributed by atoms with E-state index in [9.17, 15) is 0 Å². The van der Waals surface area contributed by atoms with E-state index in [1.807, 2.05) is 109 Å². The lowest BCUT2D eigenvalue weighted by Crippen LogP contribution is -2.46. The smallest absolute Gasteiger partial charge is 0.361 e. The molecule has 220 valence electrons. The molecule has 0 radical (unpaired) electrons. The van der Waals surface area contributed by atoms with Crippen LogP contribution in [0.3, 0.4) is 0 Å². The molecule has 0 aliphatic rings. The van der Waals surface area contributed by atoms with E-state index in [1.54, 1.807) is 12.4 Å². The molecule has 0 fully saturated rings. The van der Waals surface area contributed by atoms with E-state index in [2.05, 4.69) is 58.5 Å². The van der Waals surface area contributed by atoms with Gasteiger partial charge in [-0.1, -0.05) is 133 Å². The lowest BCUT2D eigenvalue weighted by Gasteiger charge is -2.33. The summed E-state index contributed by atoms with van der Waals surface area (Å²) in [5, 5.41) is 0.